The van der Waals surface area contributed by atoms with E-state index in [-0.39, 0.29) is 12.6 Å². The average Bonchev–Trinajstić information content (AvgIpc) is 2.95. The number of benzene rings is 2. The van der Waals surface area contributed by atoms with Crippen molar-refractivity contribution in [2.45, 2.75) is 26.5 Å². The van der Waals surface area contributed by atoms with Gasteiger partial charge in [0.25, 0.3) is 0 Å². The van der Waals surface area contributed by atoms with Gasteiger partial charge in [0.05, 0.1) is 11.8 Å². The van der Waals surface area contributed by atoms with Gasteiger partial charge in [-0.15, -0.1) is 0 Å². The molecule has 0 aliphatic carbocycles. The van der Waals surface area contributed by atoms with Crippen molar-refractivity contribution in [3.05, 3.63) is 65.0 Å². The fourth-order valence-electron chi connectivity index (χ4n) is 2.71. The molecule has 0 spiro atoms. The summed E-state index contributed by atoms with van der Waals surface area (Å²) in [7, 11) is 0. The number of amides is 2. The smallest absolute Gasteiger partial charge is 0.315 e. The highest BCUT2D eigenvalue weighted by Gasteiger charge is 2.12. The number of hydrogen-bond acceptors (Lipinski definition) is 4. The Hall–Kier alpha value is -2.86. The average molecular weight is 339 g/mol. The Bertz CT molecular complexity index is 869. The van der Waals surface area contributed by atoms with Gasteiger partial charge in [-0.25, -0.2) is 4.79 Å². The summed E-state index contributed by atoms with van der Waals surface area (Å²) < 4.78 is 5.06. The Morgan fingerprint density at radius 1 is 1.16 bits per heavy atom. The summed E-state index contributed by atoms with van der Waals surface area (Å²) in [5, 5.41) is 21.7. The first-order valence-corrected chi connectivity index (χ1v) is 8.15. The highest BCUT2D eigenvalue weighted by Crippen LogP contribution is 2.20. The van der Waals surface area contributed by atoms with Crippen molar-refractivity contribution in [3.8, 4) is 0 Å². The molecule has 3 rings (SSSR count). The topological polar surface area (TPSA) is 87.4 Å². The molecule has 1 atom stereocenters. The van der Waals surface area contributed by atoms with Crippen molar-refractivity contribution in [2.75, 3.05) is 6.54 Å². The molecule has 0 aliphatic rings. The lowest BCUT2D eigenvalue weighted by molar-refractivity contribution is 0.173. The molecule has 25 heavy (non-hydrogen) atoms. The zero-order chi connectivity index (χ0) is 17.8. The van der Waals surface area contributed by atoms with Gasteiger partial charge in [-0.05, 0) is 36.2 Å². The minimum absolute atomic E-state index is 0.131. The number of carbonyl (C=O) groups excluding carboxylic acids is 1. The quantitative estimate of drug-likeness (QED) is 0.667. The van der Waals surface area contributed by atoms with Crippen molar-refractivity contribution in [3.63, 3.8) is 0 Å². The van der Waals surface area contributed by atoms with Crippen LogP contribution in [0.5, 0.6) is 0 Å². The third-order valence-electron chi connectivity index (χ3n) is 4.22. The molecule has 0 radical (unpaired) electrons. The number of fused-ring (bicyclic) bond motifs is 1. The number of urea groups is 1. The van der Waals surface area contributed by atoms with Crippen LogP contribution < -0.4 is 10.6 Å². The minimum atomic E-state index is -0.769. The van der Waals surface area contributed by atoms with E-state index in [4.69, 9.17) is 4.52 Å². The molecule has 3 N–H and O–H groups in total. The molecule has 0 unspecified atom stereocenters. The summed E-state index contributed by atoms with van der Waals surface area (Å²) >= 11 is 0. The Labute approximate surface area is 145 Å². The van der Waals surface area contributed by atoms with Gasteiger partial charge in [-0.3, -0.25) is 0 Å². The molecule has 1 heterocycles. The lowest BCUT2D eigenvalue weighted by Gasteiger charge is -2.13. The standard InChI is InChI=1S/C19H21N3O3/c1-12-17(13(2)25-22-12)10-20-19(24)21-11-18(23)16-8-7-14-5-3-4-6-15(14)9-16/h3-9,18,23H,10-11H2,1-2H3,(H2,20,21,24)/t18-/m0/s1. The van der Waals surface area contributed by atoms with Crippen molar-refractivity contribution in [2.24, 2.45) is 0 Å². The number of carbonyl (C=O) groups is 1. The van der Waals surface area contributed by atoms with Crippen LogP contribution in [0.15, 0.2) is 47.0 Å². The lowest BCUT2D eigenvalue weighted by atomic mass is 10.0. The Morgan fingerprint density at radius 3 is 2.64 bits per heavy atom. The molecule has 2 aromatic carbocycles. The molecule has 130 valence electrons. The number of aliphatic hydroxyl groups excluding tert-OH is 1. The molecule has 0 bridgehead atoms. The van der Waals surface area contributed by atoms with Gasteiger partial charge in [0.2, 0.25) is 0 Å². The van der Waals surface area contributed by atoms with Gasteiger partial charge in [0, 0.05) is 18.7 Å². The van der Waals surface area contributed by atoms with E-state index in [2.05, 4.69) is 15.8 Å². The zero-order valence-electron chi connectivity index (χ0n) is 14.2. The Balaban J connectivity index is 1.54. The summed E-state index contributed by atoms with van der Waals surface area (Å²) in [4.78, 5) is 11.9. The van der Waals surface area contributed by atoms with Gasteiger partial charge in [-0.1, -0.05) is 41.6 Å². The summed E-state index contributed by atoms with van der Waals surface area (Å²) in [6, 6.07) is 13.4. The number of aromatic nitrogens is 1. The van der Waals surface area contributed by atoms with Crippen LogP contribution in [0, 0.1) is 13.8 Å². The third-order valence-corrected chi connectivity index (χ3v) is 4.22. The highest BCUT2D eigenvalue weighted by atomic mass is 16.5. The monoisotopic (exact) mass is 339 g/mol. The van der Waals surface area contributed by atoms with Crippen molar-refractivity contribution in [1.29, 1.82) is 0 Å². The summed E-state index contributed by atoms with van der Waals surface area (Å²) in [5.41, 5.74) is 2.39. The van der Waals surface area contributed by atoms with Crippen LogP contribution in [0.4, 0.5) is 4.79 Å². The maximum Gasteiger partial charge on any atom is 0.315 e. The highest BCUT2D eigenvalue weighted by molar-refractivity contribution is 5.83. The number of nitrogens with one attached hydrogen (secondary N) is 2. The van der Waals surface area contributed by atoms with Crippen LogP contribution in [-0.4, -0.2) is 22.8 Å². The zero-order valence-corrected chi connectivity index (χ0v) is 14.2. The first-order chi connectivity index (χ1) is 12.0. The van der Waals surface area contributed by atoms with E-state index in [1.54, 1.807) is 6.92 Å². The van der Waals surface area contributed by atoms with Crippen LogP contribution in [0.25, 0.3) is 10.8 Å². The van der Waals surface area contributed by atoms with Gasteiger partial charge in [0.15, 0.2) is 0 Å². The fourth-order valence-corrected chi connectivity index (χ4v) is 2.71. The van der Waals surface area contributed by atoms with Gasteiger partial charge < -0.3 is 20.3 Å². The maximum atomic E-state index is 11.9. The molecule has 3 aromatic rings. The van der Waals surface area contributed by atoms with E-state index in [0.29, 0.717) is 12.3 Å². The largest absolute Gasteiger partial charge is 0.387 e. The number of nitrogens with zero attached hydrogens (tertiary/aromatic N) is 1. The molecule has 1 aromatic heterocycles. The maximum absolute atomic E-state index is 11.9. The predicted molar refractivity (Wildman–Crippen MR) is 95.1 cm³/mol. The number of aliphatic hydroxyl groups is 1. The summed E-state index contributed by atoms with van der Waals surface area (Å²) in [6.45, 7) is 4.10. The first-order valence-electron chi connectivity index (χ1n) is 8.15. The second-order valence-electron chi connectivity index (χ2n) is 5.99. The molecule has 0 saturated carbocycles. The van der Waals surface area contributed by atoms with Crippen molar-refractivity contribution >= 4 is 16.8 Å². The van der Waals surface area contributed by atoms with Crippen LogP contribution in [0.1, 0.15) is 28.7 Å². The second-order valence-corrected chi connectivity index (χ2v) is 5.99. The second kappa shape index (κ2) is 7.36. The normalized spacial score (nSPS) is 12.1. The molecule has 0 saturated heterocycles. The van der Waals surface area contributed by atoms with Crippen LogP contribution in [0.3, 0.4) is 0 Å². The molecular formula is C19H21N3O3. The van der Waals surface area contributed by atoms with E-state index >= 15 is 0 Å². The molecule has 2 amide bonds. The van der Waals surface area contributed by atoms with E-state index in [1.165, 1.54) is 0 Å². The van der Waals surface area contributed by atoms with Gasteiger partial charge in [-0.2, -0.15) is 0 Å². The SMILES string of the molecule is Cc1noc(C)c1CNC(=O)NC[C@H](O)c1ccc2ccccc2c1. The van der Waals surface area contributed by atoms with E-state index in [0.717, 1.165) is 27.6 Å². The molecule has 0 aliphatic heterocycles. The van der Waals surface area contributed by atoms with Crippen molar-refractivity contribution in [1.82, 2.24) is 15.8 Å². The van der Waals surface area contributed by atoms with Crippen LogP contribution in [0.2, 0.25) is 0 Å². The Kier molecular flexibility index (Phi) is 5.00. The van der Waals surface area contributed by atoms with Crippen LogP contribution >= 0.6 is 0 Å². The van der Waals surface area contributed by atoms with Crippen LogP contribution in [-0.2, 0) is 6.54 Å². The van der Waals surface area contributed by atoms with E-state index in [9.17, 15) is 9.90 Å². The van der Waals surface area contributed by atoms with Gasteiger partial charge >= 0.3 is 6.03 Å². The summed E-state index contributed by atoms with van der Waals surface area (Å²) in [5.74, 6) is 0.689. The minimum Gasteiger partial charge on any atom is -0.387 e. The molecule has 0 fully saturated rings. The van der Waals surface area contributed by atoms with E-state index < -0.39 is 6.10 Å². The Morgan fingerprint density at radius 2 is 1.92 bits per heavy atom. The lowest BCUT2D eigenvalue weighted by Crippen LogP contribution is -2.37. The van der Waals surface area contributed by atoms with Crippen molar-refractivity contribution < 1.29 is 14.4 Å². The molecule has 6 heteroatoms. The fraction of sp³-hybridized carbons (Fsp3) is 0.263. The third kappa shape index (κ3) is 3.97. The number of hydrogen-bond donors (Lipinski definition) is 3. The van der Waals surface area contributed by atoms with Gasteiger partial charge in [0.1, 0.15) is 5.76 Å². The first kappa shape index (κ1) is 17.0. The predicted octanol–water partition coefficient (Wildman–Crippen LogP) is 2.98. The number of rotatable bonds is 5. The van der Waals surface area contributed by atoms with E-state index in [1.807, 2.05) is 49.4 Å². The number of aryl methyl sites for hydroxylation is 2. The molecular weight excluding hydrogens is 318 g/mol. The molecule has 6 nitrogen and oxygen atoms in total. The summed E-state index contributed by atoms with van der Waals surface area (Å²) in [6.07, 6.45) is -0.769.